The van der Waals surface area contributed by atoms with Crippen molar-refractivity contribution in [1.82, 2.24) is 24.6 Å². The van der Waals surface area contributed by atoms with Gasteiger partial charge in [-0.2, -0.15) is 0 Å². The largest absolute Gasteiger partial charge is 0.462 e. The molecule has 0 aromatic carbocycles. The van der Waals surface area contributed by atoms with Gasteiger partial charge in [-0.15, -0.1) is 10.2 Å². The van der Waals surface area contributed by atoms with Gasteiger partial charge in [-0.25, -0.2) is 4.79 Å². The highest BCUT2D eigenvalue weighted by molar-refractivity contribution is 6.00. The van der Waals surface area contributed by atoms with Crippen molar-refractivity contribution in [2.24, 2.45) is 0 Å². The number of carbonyl (C=O) groups excluding carboxylic acids is 2. The fourth-order valence-corrected chi connectivity index (χ4v) is 2.76. The summed E-state index contributed by atoms with van der Waals surface area (Å²) in [4.78, 5) is 29.5. The van der Waals surface area contributed by atoms with Gasteiger partial charge in [0.05, 0.1) is 18.7 Å². The fraction of sp³-hybridized carbons (Fsp3) is 0.529. The minimum absolute atomic E-state index is 0.207. The molecule has 0 fully saturated rings. The first-order valence-electron chi connectivity index (χ1n) is 8.28. The smallest absolute Gasteiger partial charge is 0.340 e. The SMILES string of the molecule is CCOC(=O)c1c(C)[nH]c(C(=O)N(C)Cc2nncn2C(C)C)c1C. The maximum Gasteiger partial charge on any atom is 0.340 e. The highest BCUT2D eigenvalue weighted by atomic mass is 16.5. The van der Waals surface area contributed by atoms with E-state index in [4.69, 9.17) is 4.74 Å². The summed E-state index contributed by atoms with van der Waals surface area (Å²) < 4.78 is 6.98. The van der Waals surface area contributed by atoms with E-state index in [0.29, 0.717) is 34.9 Å². The van der Waals surface area contributed by atoms with Gasteiger partial charge in [0.1, 0.15) is 12.0 Å². The normalized spacial score (nSPS) is 11.0. The molecule has 0 unspecified atom stereocenters. The van der Waals surface area contributed by atoms with Crippen molar-refractivity contribution in [3.05, 3.63) is 34.7 Å². The lowest BCUT2D eigenvalue weighted by atomic mass is 10.1. The van der Waals surface area contributed by atoms with Crippen LogP contribution in [0.25, 0.3) is 0 Å². The van der Waals surface area contributed by atoms with Gasteiger partial charge >= 0.3 is 5.97 Å². The number of nitrogens with one attached hydrogen (secondary N) is 1. The predicted octanol–water partition coefficient (Wildman–Crippen LogP) is 2.25. The number of rotatable bonds is 6. The van der Waals surface area contributed by atoms with Gasteiger partial charge < -0.3 is 19.2 Å². The Balaban J connectivity index is 2.24. The minimum Gasteiger partial charge on any atom is -0.462 e. The molecular formula is C17H25N5O3. The third-order valence-corrected chi connectivity index (χ3v) is 4.06. The Hall–Kier alpha value is -2.64. The van der Waals surface area contributed by atoms with Crippen molar-refractivity contribution in [2.45, 2.75) is 47.2 Å². The Kier molecular flexibility index (Phi) is 5.61. The number of H-pyrrole nitrogens is 1. The second-order valence-corrected chi connectivity index (χ2v) is 6.25. The molecule has 0 saturated carbocycles. The summed E-state index contributed by atoms with van der Waals surface area (Å²) in [7, 11) is 1.70. The average Bonchev–Trinajstić information content (AvgIpc) is 3.11. The summed E-state index contributed by atoms with van der Waals surface area (Å²) in [5, 5.41) is 8.00. The summed E-state index contributed by atoms with van der Waals surface area (Å²) in [6, 6.07) is 0.207. The Morgan fingerprint density at radius 3 is 2.64 bits per heavy atom. The van der Waals surface area contributed by atoms with Crippen molar-refractivity contribution in [2.75, 3.05) is 13.7 Å². The van der Waals surface area contributed by atoms with Gasteiger partial charge in [0, 0.05) is 18.8 Å². The van der Waals surface area contributed by atoms with E-state index in [2.05, 4.69) is 15.2 Å². The quantitative estimate of drug-likeness (QED) is 0.809. The third kappa shape index (κ3) is 3.72. The Morgan fingerprint density at radius 1 is 1.36 bits per heavy atom. The van der Waals surface area contributed by atoms with E-state index in [1.807, 2.05) is 18.4 Å². The number of aryl methyl sites for hydroxylation is 1. The van der Waals surface area contributed by atoms with E-state index in [1.54, 1.807) is 39.0 Å². The molecule has 2 rings (SSSR count). The molecule has 0 aliphatic carbocycles. The minimum atomic E-state index is -0.421. The lowest BCUT2D eigenvalue weighted by molar-refractivity contribution is 0.0525. The van der Waals surface area contributed by atoms with Crippen LogP contribution in [-0.4, -0.2) is 50.2 Å². The number of esters is 1. The maximum absolute atomic E-state index is 12.8. The van der Waals surface area contributed by atoms with Crippen molar-refractivity contribution < 1.29 is 14.3 Å². The van der Waals surface area contributed by atoms with Gasteiger partial charge in [-0.1, -0.05) is 0 Å². The summed E-state index contributed by atoms with van der Waals surface area (Å²) in [6.07, 6.45) is 1.65. The number of amides is 1. The molecule has 8 nitrogen and oxygen atoms in total. The molecule has 0 bridgehead atoms. The zero-order valence-electron chi connectivity index (χ0n) is 15.6. The molecule has 0 atom stereocenters. The molecule has 136 valence electrons. The van der Waals surface area contributed by atoms with Gasteiger partial charge in [-0.3, -0.25) is 4.79 Å². The highest BCUT2D eigenvalue weighted by Gasteiger charge is 2.25. The number of aromatic amines is 1. The lowest BCUT2D eigenvalue weighted by Gasteiger charge is -2.18. The van der Waals surface area contributed by atoms with Crippen LogP contribution in [0.4, 0.5) is 0 Å². The molecule has 2 aromatic rings. The molecule has 0 saturated heterocycles. The fourth-order valence-electron chi connectivity index (χ4n) is 2.76. The zero-order valence-corrected chi connectivity index (χ0v) is 15.6. The maximum atomic E-state index is 12.8. The Bertz CT molecular complexity index is 775. The molecular weight excluding hydrogens is 322 g/mol. The van der Waals surface area contributed by atoms with Gasteiger partial charge in [0.2, 0.25) is 0 Å². The monoisotopic (exact) mass is 347 g/mol. The molecule has 1 N–H and O–H groups in total. The van der Waals surface area contributed by atoms with Gasteiger partial charge in [-0.05, 0) is 40.2 Å². The van der Waals surface area contributed by atoms with Crippen molar-refractivity contribution in [3.8, 4) is 0 Å². The number of nitrogens with zero attached hydrogens (tertiary/aromatic N) is 4. The first-order chi connectivity index (χ1) is 11.8. The van der Waals surface area contributed by atoms with Crippen LogP contribution in [0.1, 0.15) is 64.7 Å². The van der Waals surface area contributed by atoms with E-state index in [9.17, 15) is 9.59 Å². The molecule has 1 amide bonds. The number of carbonyl (C=O) groups is 2. The lowest BCUT2D eigenvalue weighted by Crippen LogP contribution is -2.29. The summed E-state index contributed by atoms with van der Waals surface area (Å²) in [5.41, 5.74) is 2.03. The first-order valence-corrected chi connectivity index (χ1v) is 8.28. The van der Waals surface area contributed by atoms with E-state index >= 15 is 0 Å². The molecule has 0 spiro atoms. The number of aromatic nitrogens is 4. The number of ether oxygens (including phenoxy) is 1. The molecule has 0 aliphatic rings. The molecule has 0 aliphatic heterocycles. The summed E-state index contributed by atoms with van der Waals surface area (Å²) in [6.45, 7) is 9.91. The van der Waals surface area contributed by atoms with Crippen molar-refractivity contribution in [3.63, 3.8) is 0 Å². The molecule has 8 heteroatoms. The predicted molar refractivity (Wildman–Crippen MR) is 92.4 cm³/mol. The summed E-state index contributed by atoms with van der Waals surface area (Å²) >= 11 is 0. The van der Waals surface area contributed by atoms with Crippen LogP contribution in [0.5, 0.6) is 0 Å². The molecule has 0 radical (unpaired) electrons. The number of hydrogen-bond donors (Lipinski definition) is 1. The van der Waals surface area contributed by atoms with Crippen LogP contribution < -0.4 is 0 Å². The van der Waals surface area contributed by atoms with E-state index in [-0.39, 0.29) is 18.6 Å². The second kappa shape index (κ2) is 7.50. The topological polar surface area (TPSA) is 93.1 Å². The molecule has 25 heavy (non-hydrogen) atoms. The average molecular weight is 347 g/mol. The molecule has 2 heterocycles. The van der Waals surface area contributed by atoms with Crippen molar-refractivity contribution in [1.29, 1.82) is 0 Å². The van der Waals surface area contributed by atoms with Crippen molar-refractivity contribution >= 4 is 11.9 Å². The third-order valence-electron chi connectivity index (χ3n) is 4.06. The van der Waals surface area contributed by atoms with Gasteiger partial charge in [0.25, 0.3) is 5.91 Å². The zero-order chi connectivity index (χ0) is 18.7. The van der Waals surface area contributed by atoms with Crippen LogP contribution in [0.15, 0.2) is 6.33 Å². The standard InChI is InChI=1S/C17H25N5O3/c1-7-25-17(24)14-11(4)15(19-12(14)5)16(23)21(6)8-13-20-18-9-22(13)10(2)3/h9-10,19H,7-8H2,1-6H3. The highest BCUT2D eigenvalue weighted by Crippen LogP contribution is 2.21. The van der Waals surface area contributed by atoms with Gasteiger partial charge in [0.15, 0.2) is 5.82 Å². The summed E-state index contributed by atoms with van der Waals surface area (Å²) in [5.74, 6) is 0.0712. The van der Waals surface area contributed by atoms with Crippen LogP contribution >= 0.6 is 0 Å². The molecule has 2 aromatic heterocycles. The van der Waals surface area contributed by atoms with Crippen LogP contribution in [0, 0.1) is 13.8 Å². The van der Waals surface area contributed by atoms with E-state index < -0.39 is 5.97 Å². The Morgan fingerprint density at radius 2 is 2.04 bits per heavy atom. The van der Waals surface area contributed by atoms with E-state index in [0.717, 1.165) is 0 Å². The van der Waals surface area contributed by atoms with Crippen LogP contribution in [0.3, 0.4) is 0 Å². The van der Waals surface area contributed by atoms with Crippen LogP contribution in [-0.2, 0) is 11.3 Å². The van der Waals surface area contributed by atoms with E-state index in [1.165, 1.54) is 0 Å². The Labute approximate surface area is 147 Å². The second-order valence-electron chi connectivity index (χ2n) is 6.25. The number of hydrogen-bond acceptors (Lipinski definition) is 5. The first kappa shape index (κ1) is 18.7. The van der Waals surface area contributed by atoms with Crippen LogP contribution in [0.2, 0.25) is 0 Å².